The third-order valence-corrected chi connectivity index (χ3v) is 4.54. The molecule has 1 rings (SSSR count). The van der Waals surface area contributed by atoms with Crippen LogP contribution in [0, 0.1) is 6.92 Å². The first-order chi connectivity index (χ1) is 7.84. The van der Waals surface area contributed by atoms with Crippen molar-refractivity contribution in [2.45, 2.75) is 41.9 Å². The zero-order valence-electron chi connectivity index (χ0n) is 9.98. The molecular formula is C12H17IO3S. The molecule has 0 spiro atoms. The average Bonchev–Trinajstić information content (AvgIpc) is 2.19. The first kappa shape index (κ1) is 14.9. The summed E-state index contributed by atoms with van der Waals surface area (Å²) in [6, 6.07) is 5.19. The molecule has 5 heteroatoms. The fraction of sp³-hybridized carbons (Fsp3) is 0.500. The number of hydrogen-bond acceptors (Lipinski definition) is 2. The van der Waals surface area contributed by atoms with Gasteiger partial charge in [0.2, 0.25) is 0 Å². The topological polar surface area (TPSA) is 54.4 Å². The van der Waals surface area contributed by atoms with Crippen LogP contribution >= 0.6 is 22.6 Å². The van der Waals surface area contributed by atoms with Crippen LogP contribution in [0.3, 0.4) is 0 Å². The van der Waals surface area contributed by atoms with E-state index in [1.54, 1.807) is 6.07 Å². The molecule has 0 aliphatic carbocycles. The van der Waals surface area contributed by atoms with Crippen molar-refractivity contribution in [2.24, 2.45) is 0 Å². The number of aryl methyl sites for hydroxylation is 1. The van der Waals surface area contributed by atoms with Gasteiger partial charge >= 0.3 is 0 Å². The minimum atomic E-state index is -4.12. The van der Waals surface area contributed by atoms with Gasteiger partial charge in [-0.2, -0.15) is 8.42 Å². The molecular weight excluding hydrogens is 351 g/mol. The van der Waals surface area contributed by atoms with E-state index in [0.717, 1.165) is 18.4 Å². The minimum Gasteiger partial charge on any atom is -0.282 e. The van der Waals surface area contributed by atoms with Crippen molar-refractivity contribution < 1.29 is 13.0 Å². The van der Waals surface area contributed by atoms with Gasteiger partial charge in [0.25, 0.3) is 10.1 Å². The zero-order chi connectivity index (χ0) is 13.1. The summed E-state index contributed by atoms with van der Waals surface area (Å²) >= 11 is 2.32. The largest absolute Gasteiger partial charge is 0.294 e. The molecule has 1 atom stereocenters. The van der Waals surface area contributed by atoms with Gasteiger partial charge in [-0.25, -0.2) is 0 Å². The smallest absolute Gasteiger partial charge is 0.282 e. The lowest BCUT2D eigenvalue weighted by atomic mass is 10.1. The van der Waals surface area contributed by atoms with Crippen LogP contribution < -0.4 is 0 Å². The highest BCUT2D eigenvalue weighted by Gasteiger charge is 2.17. The van der Waals surface area contributed by atoms with E-state index >= 15 is 0 Å². The third-order valence-electron chi connectivity index (χ3n) is 2.54. The number of halogens is 1. The molecule has 0 aliphatic rings. The summed E-state index contributed by atoms with van der Waals surface area (Å²) < 4.78 is 32.2. The standard InChI is InChI=1S/C12H17IO3S/c1-3-4-11(13)8-10-6-5-9(2)7-12(10)17(14,15)16/h5-7,11H,3-4,8H2,1-2H3,(H,14,15,16). The number of rotatable bonds is 5. The second-order valence-corrected chi connectivity index (χ2v) is 7.33. The fourth-order valence-corrected chi connectivity index (χ4v) is 3.64. The summed E-state index contributed by atoms with van der Waals surface area (Å²) in [5.74, 6) is 0. The van der Waals surface area contributed by atoms with Crippen LogP contribution in [0.15, 0.2) is 23.1 Å². The quantitative estimate of drug-likeness (QED) is 0.493. The summed E-state index contributed by atoms with van der Waals surface area (Å²) in [5, 5.41) is 0. The van der Waals surface area contributed by atoms with E-state index in [0.29, 0.717) is 15.9 Å². The monoisotopic (exact) mass is 368 g/mol. The van der Waals surface area contributed by atoms with Crippen molar-refractivity contribution in [3.63, 3.8) is 0 Å². The second kappa shape index (κ2) is 6.15. The van der Waals surface area contributed by atoms with Gasteiger partial charge in [-0.1, -0.05) is 48.1 Å². The molecule has 0 fully saturated rings. The Morgan fingerprint density at radius 2 is 2.06 bits per heavy atom. The van der Waals surface area contributed by atoms with E-state index < -0.39 is 10.1 Å². The van der Waals surface area contributed by atoms with E-state index in [-0.39, 0.29) is 4.90 Å². The summed E-state index contributed by atoms with van der Waals surface area (Å²) in [6.45, 7) is 3.91. The highest BCUT2D eigenvalue weighted by atomic mass is 127. The van der Waals surface area contributed by atoms with Crippen LogP contribution in [0.25, 0.3) is 0 Å². The summed E-state index contributed by atoms with van der Waals surface area (Å²) in [5.41, 5.74) is 1.54. The Kier molecular flexibility index (Phi) is 5.40. The maximum atomic E-state index is 11.3. The highest BCUT2D eigenvalue weighted by molar-refractivity contribution is 14.1. The fourth-order valence-electron chi connectivity index (χ4n) is 1.72. The van der Waals surface area contributed by atoms with E-state index in [9.17, 15) is 13.0 Å². The van der Waals surface area contributed by atoms with Crippen molar-refractivity contribution >= 4 is 32.7 Å². The lowest BCUT2D eigenvalue weighted by Crippen LogP contribution is -2.09. The normalized spacial score (nSPS) is 13.6. The minimum absolute atomic E-state index is 0.0512. The molecule has 3 nitrogen and oxygen atoms in total. The molecule has 0 amide bonds. The Morgan fingerprint density at radius 1 is 1.41 bits per heavy atom. The van der Waals surface area contributed by atoms with E-state index in [2.05, 4.69) is 29.5 Å². The average molecular weight is 368 g/mol. The Labute approximate surface area is 117 Å². The zero-order valence-corrected chi connectivity index (χ0v) is 13.0. The third kappa shape index (κ3) is 4.56. The molecule has 0 aromatic heterocycles. The molecule has 0 saturated carbocycles. The first-order valence-electron chi connectivity index (χ1n) is 5.55. The van der Waals surface area contributed by atoms with Gasteiger partial charge in [0.05, 0.1) is 4.90 Å². The molecule has 17 heavy (non-hydrogen) atoms. The maximum absolute atomic E-state index is 11.3. The highest BCUT2D eigenvalue weighted by Crippen LogP contribution is 2.23. The molecule has 0 radical (unpaired) electrons. The van der Waals surface area contributed by atoms with Crippen LogP contribution in [0.4, 0.5) is 0 Å². The van der Waals surface area contributed by atoms with Crippen molar-refractivity contribution in [3.8, 4) is 0 Å². The van der Waals surface area contributed by atoms with Crippen molar-refractivity contribution in [3.05, 3.63) is 29.3 Å². The number of benzene rings is 1. The molecule has 1 aromatic carbocycles. The Morgan fingerprint density at radius 3 is 2.59 bits per heavy atom. The second-order valence-electron chi connectivity index (χ2n) is 4.18. The summed E-state index contributed by atoms with van der Waals surface area (Å²) in [7, 11) is -4.12. The first-order valence-corrected chi connectivity index (χ1v) is 8.24. The van der Waals surface area contributed by atoms with Crippen LogP contribution in [0.2, 0.25) is 0 Å². The summed E-state index contributed by atoms with van der Waals surface area (Å²) in [4.78, 5) is 0.0512. The van der Waals surface area contributed by atoms with Crippen molar-refractivity contribution in [1.82, 2.24) is 0 Å². The summed E-state index contributed by atoms with van der Waals surface area (Å²) in [6.07, 6.45) is 2.78. The Bertz CT molecular complexity index is 483. The molecule has 0 aliphatic heterocycles. The molecule has 0 saturated heterocycles. The molecule has 0 bridgehead atoms. The van der Waals surface area contributed by atoms with Crippen LogP contribution in [0.1, 0.15) is 30.9 Å². The maximum Gasteiger partial charge on any atom is 0.294 e. The number of alkyl halides is 1. The van der Waals surface area contributed by atoms with Crippen LogP contribution in [-0.2, 0) is 16.5 Å². The van der Waals surface area contributed by atoms with Gasteiger partial charge in [-0.15, -0.1) is 0 Å². The van der Waals surface area contributed by atoms with Crippen molar-refractivity contribution in [1.29, 1.82) is 0 Å². The Hall–Kier alpha value is -0.140. The van der Waals surface area contributed by atoms with E-state index in [4.69, 9.17) is 0 Å². The SMILES string of the molecule is CCCC(I)Cc1ccc(C)cc1S(=O)(=O)O. The van der Waals surface area contributed by atoms with Gasteiger partial charge < -0.3 is 0 Å². The molecule has 1 unspecified atom stereocenters. The van der Waals surface area contributed by atoms with Gasteiger partial charge in [0, 0.05) is 3.92 Å². The van der Waals surface area contributed by atoms with Gasteiger partial charge in [0.15, 0.2) is 0 Å². The van der Waals surface area contributed by atoms with E-state index in [1.165, 1.54) is 6.07 Å². The van der Waals surface area contributed by atoms with Gasteiger partial charge in [-0.3, -0.25) is 4.55 Å². The van der Waals surface area contributed by atoms with E-state index in [1.807, 2.05) is 13.0 Å². The molecule has 1 aromatic rings. The predicted octanol–water partition coefficient (Wildman–Crippen LogP) is 3.39. The van der Waals surface area contributed by atoms with Crippen LogP contribution in [-0.4, -0.2) is 16.9 Å². The molecule has 0 heterocycles. The van der Waals surface area contributed by atoms with Gasteiger partial charge in [0.1, 0.15) is 0 Å². The predicted molar refractivity (Wildman–Crippen MR) is 77.4 cm³/mol. The van der Waals surface area contributed by atoms with Crippen LogP contribution in [0.5, 0.6) is 0 Å². The van der Waals surface area contributed by atoms with Gasteiger partial charge in [-0.05, 0) is 37.0 Å². The molecule has 1 N–H and O–H groups in total. The Balaban J connectivity index is 3.07. The lowest BCUT2D eigenvalue weighted by Gasteiger charge is -2.12. The number of hydrogen-bond donors (Lipinski definition) is 1. The van der Waals surface area contributed by atoms with Crippen molar-refractivity contribution in [2.75, 3.05) is 0 Å². The molecule has 96 valence electrons. The lowest BCUT2D eigenvalue weighted by molar-refractivity contribution is 0.482.